The number of rotatable bonds is 2. The summed E-state index contributed by atoms with van der Waals surface area (Å²) in [6.45, 7) is 0. The molecule has 3 nitrogen and oxygen atoms in total. The Labute approximate surface area is 117 Å². The Morgan fingerprint density at radius 2 is 1.95 bits per heavy atom. The molecule has 1 heterocycles. The van der Waals surface area contributed by atoms with Crippen LogP contribution >= 0.6 is 11.6 Å². The molecule has 102 valence electrons. The molecule has 0 aliphatic rings. The standard InChI is InChI=1S/C13H6ClF3N2O/c14-10-4-11(7-19-6-10)20-12-2-1-9(13(15,16)17)3-8(12)5-18/h1-4,6-7H. The molecule has 0 saturated heterocycles. The van der Waals surface area contributed by atoms with Crippen LogP contribution in [0.5, 0.6) is 11.5 Å². The second-order valence-electron chi connectivity index (χ2n) is 3.76. The van der Waals surface area contributed by atoms with Crippen LogP contribution in [0.15, 0.2) is 36.7 Å². The minimum absolute atomic E-state index is 0.00423. The number of nitriles is 1. The van der Waals surface area contributed by atoms with Crippen LogP contribution in [0.4, 0.5) is 13.2 Å². The summed E-state index contributed by atoms with van der Waals surface area (Å²) in [6.07, 6.45) is -1.79. The van der Waals surface area contributed by atoms with Gasteiger partial charge >= 0.3 is 6.18 Å². The van der Waals surface area contributed by atoms with Gasteiger partial charge in [0.1, 0.15) is 17.6 Å². The molecule has 0 fully saturated rings. The summed E-state index contributed by atoms with van der Waals surface area (Å²) in [6, 6.07) is 5.76. The van der Waals surface area contributed by atoms with Crippen molar-refractivity contribution in [1.82, 2.24) is 4.98 Å². The van der Waals surface area contributed by atoms with Gasteiger partial charge in [-0.1, -0.05) is 11.6 Å². The van der Waals surface area contributed by atoms with Crippen molar-refractivity contribution in [1.29, 1.82) is 5.26 Å². The van der Waals surface area contributed by atoms with Gasteiger partial charge in [0.05, 0.1) is 22.3 Å². The van der Waals surface area contributed by atoms with Crippen molar-refractivity contribution in [2.24, 2.45) is 0 Å². The number of hydrogen-bond acceptors (Lipinski definition) is 3. The van der Waals surface area contributed by atoms with Crippen LogP contribution in [0, 0.1) is 11.3 Å². The van der Waals surface area contributed by atoms with Gasteiger partial charge in [0.15, 0.2) is 0 Å². The second kappa shape index (κ2) is 5.39. The molecule has 0 bridgehead atoms. The van der Waals surface area contributed by atoms with Crippen LogP contribution in [0.1, 0.15) is 11.1 Å². The first-order valence-corrected chi connectivity index (χ1v) is 5.67. The fraction of sp³-hybridized carbons (Fsp3) is 0.0769. The Balaban J connectivity index is 2.36. The van der Waals surface area contributed by atoms with Crippen molar-refractivity contribution < 1.29 is 17.9 Å². The van der Waals surface area contributed by atoms with Crippen LogP contribution in [0.3, 0.4) is 0 Å². The number of ether oxygens (including phenoxy) is 1. The van der Waals surface area contributed by atoms with E-state index < -0.39 is 11.7 Å². The smallest absolute Gasteiger partial charge is 0.416 e. The average molecular weight is 299 g/mol. The molecule has 1 aromatic heterocycles. The number of halogens is 4. The molecule has 0 saturated carbocycles. The summed E-state index contributed by atoms with van der Waals surface area (Å²) in [5.41, 5.74) is -1.13. The van der Waals surface area contributed by atoms with Crippen molar-refractivity contribution in [2.75, 3.05) is 0 Å². The first-order chi connectivity index (χ1) is 9.40. The van der Waals surface area contributed by atoms with Gasteiger partial charge in [-0.3, -0.25) is 4.98 Å². The maximum absolute atomic E-state index is 12.5. The first kappa shape index (κ1) is 14.2. The van der Waals surface area contributed by atoms with E-state index in [1.807, 2.05) is 0 Å². The van der Waals surface area contributed by atoms with E-state index in [2.05, 4.69) is 4.98 Å². The summed E-state index contributed by atoms with van der Waals surface area (Å²) in [4.78, 5) is 3.77. The Morgan fingerprint density at radius 3 is 2.55 bits per heavy atom. The van der Waals surface area contributed by atoms with Gasteiger partial charge in [0, 0.05) is 12.3 Å². The topological polar surface area (TPSA) is 45.9 Å². The van der Waals surface area contributed by atoms with Gasteiger partial charge in [0.25, 0.3) is 0 Å². The van der Waals surface area contributed by atoms with E-state index in [0.29, 0.717) is 5.02 Å². The fourth-order valence-electron chi connectivity index (χ4n) is 1.46. The summed E-state index contributed by atoms with van der Waals surface area (Å²) < 4.78 is 42.9. The number of nitrogens with zero attached hydrogens (tertiary/aromatic N) is 2. The maximum Gasteiger partial charge on any atom is 0.416 e. The third kappa shape index (κ3) is 3.19. The molecule has 0 spiro atoms. The van der Waals surface area contributed by atoms with Crippen molar-refractivity contribution in [3.8, 4) is 17.6 Å². The van der Waals surface area contributed by atoms with E-state index in [0.717, 1.165) is 18.2 Å². The average Bonchev–Trinajstić information content (AvgIpc) is 2.38. The van der Waals surface area contributed by atoms with Gasteiger partial charge in [-0.2, -0.15) is 18.4 Å². The molecule has 0 aliphatic heterocycles. The van der Waals surface area contributed by atoms with Crippen molar-refractivity contribution >= 4 is 11.6 Å². The van der Waals surface area contributed by atoms with Gasteiger partial charge in [-0.05, 0) is 18.2 Å². The SMILES string of the molecule is N#Cc1cc(C(F)(F)F)ccc1Oc1cncc(Cl)c1. The van der Waals surface area contributed by atoms with Crippen LogP contribution in [-0.2, 0) is 6.18 Å². The monoisotopic (exact) mass is 298 g/mol. The van der Waals surface area contributed by atoms with E-state index >= 15 is 0 Å². The van der Waals surface area contributed by atoms with Gasteiger partial charge in [-0.15, -0.1) is 0 Å². The zero-order valence-electron chi connectivity index (χ0n) is 9.78. The lowest BCUT2D eigenvalue weighted by Crippen LogP contribution is -2.05. The highest BCUT2D eigenvalue weighted by molar-refractivity contribution is 6.30. The maximum atomic E-state index is 12.5. The van der Waals surface area contributed by atoms with Crippen molar-refractivity contribution in [3.05, 3.63) is 52.8 Å². The van der Waals surface area contributed by atoms with E-state index in [1.165, 1.54) is 18.5 Å². The Hall–Kier alpha value is -2.26. The molecule has 0 radical (unpaired) electrons. The number of benzene rings is 1. The van der Waals surface area contributed by atoms with Crippen molar-refractivity contribution in [2.45, 2.75) is 6.18 Å². The lowest BCUT2D eigenvalue weighted by atomic mass is 10.1. The molecule has 0 atom stereocenters. The highest BCUT2D eigenvalue weighted by atomic mass is 35.5. The molecule has 1 aromatic carbocycles. The normalized spacial score (nSPS) is 10.9. The molecule has 0 N–H and O–H groups in total. The Bertz CT molecular complexity index is 680. The molecule has 0 unspecified atom stereocenters. The van der Waals surface area contributed by atoms with E-state index in [-0.39, 0.29) is 17.1 Å². The predicted octanol–water partition coefficient (Wildman–Crippen LogP) is 4.42. The number of pyridine rings is 1. The molecule has 2 aromatic rings. The third-order valence-electron chi connectivity index (χ3n) is 2.33. The van der Waals surface area contributed by atoms with E-state index in [1.54, 1.807) is 6.07 Å². The van der Waals surface area contributed by atoms with E-state index in [4.69, 9.17) is 21.6 Å². The fourth-order valence-corrected chi connectivity index (χ4v) is 1.62. The van der Waals surface area contributed by atoms with Gasteiger partial charge < -0.3 is 4.74 Å². The summed E-state index contributed by atoms with van der Waals surface area (Å²) in [5, 5.41) is 9.22. The second-order valence-corrected chi connectivity index (χ2v) is 4.20. The molecule has 2 rings (SSSR count). The zero-order valence-corrected chi connectivity index (χ0v) is 10.5. The summed E-state index contributed by atoms with van der Waals surface area (Å²) >= 11 is 5.71. The number of alkyl halides is 3. The number of aromatic nitrogens is 1. The minimum Gasteiger partial charge on any atom is -0.454 e. The quantitative estimate of drug-likeness (QED) is 0.824. The summed E-state index contributed by atoms with van der Waals surface area (Å²) in [5.74, 6) is 0.235. The first-order valence-electron chi connectivity index (χ1n) is 5.30. The largest absolute Gasteiger partial charge is 0.454 e. The third-order valence-corrected chi connectivity index (χ3v) is 2.54. The lowest BCUT2D eigenvalue weighted by molar-refractivity contribution is -0.137. The van der Waals surface area contributed by atoms with Crippen LogP contribution < -0.4 is 4.74 Å². The van der Waals surface area contributed by atoms with E-state index in [9.17, 15) is 13.2 Å². The van der Waals surface area contributed by atoms with Crippen LogP contribution in [0.2, 0.25) is 5.02 Å². The highest BCUT2D eigenvalue weighted by Gasteiger charge is 2.31. The zero-order chi connectivity index (χ0) is 14.8. The van der Waals surface area contributed by atoms with Gasteiger partial charge in [0.2, 0.25) is 0 Å². The molecular formula is C13H6ClF3N2O. The Morgan fingerprint density at radius 1 is 1.20 bits per heavy atom. The molecule has 0 amide bonds. The Kier molecular flexibility index (Phi) is 3.81. The number of hydrogen-bond donors (Lipinski definition) is 0. The van der Waals surface area contributed by atoms with Crippen LogP contribution in [0.25, 0.3) is 0 Å². The summed E-state index contributed by atoms with van der Waals surface area (Å²) in [7, 11) is 0. The molecule has 20 heavy (non-hydrogen) atoms. The lowest BCUT2D eigenvalue weighted by Gasteiger charge is -2.10. The predicted molar refractivity (Wildman–Crippen MR) is 65.5 cm³/mol. The molecule has 7 heteroatoms. The minimum atomic E-state index is -4.51. The molecule has 0 aliphatic carbocycles. The highest BCUT2D eigenvalue weighted by Crippen LogP contribution is 2.33. The van der Waals surface area contributed by atoms with Crippen molar-refractivity contribution in [3.63, 3.8) is 0 Å². The van der Waals surface area contributed by atoms with Crippen LogP contribution in [-0.4, -0.2) is 4.98 Å². The molecular weight excluding hydrogens is 293 g/mol. The van der Waals surface area contributed by atoms with Gasteiger partial charge in [-0.25, -0.2) is 0 Å².